The Balaban J connectivity index is 1.83. The Morgan fingerprint density at radius 1 is 0.500 bits per heavy atom. The molecule has 0 atom stereocenters. The third-order valence-electron chi connectivity index (χ3n) is 7.40. The van der Waals surface area contributed by atoms with Gasteiger partial charge in [-0.2, -0.15) is 0 Å². The van der Waals surface area contributed by atoms with Crippen LogP contribution < -0.4 is 0 Å². The number of nitrogens with one attached hydrogen (secondary N) is 2. The van der Waals surface area contributed by atoms with Gasteiger partial charge in [0.1, 0.15) is 0 Å². The van der Waals surface area contributed by atoms with E-state index in [1.807, 2.05) is 0 Å². The molecule has 4 nitrogen and oxygen atoms in total. The monoisotopic (exact) mass is 474 g/mol. The molecule has 2 aliphatic heterocycles. The maximum atomic E-state index is 4.90. The zero-order chi connectivity index (χ0) is 25.7. The Kier molecular flexibility index (Phi) is 5.91. The molecule has 0 fully saturated rings. The molecule has 5 rings (SSSR count). The lowest BCUT2D eigenvalue weighted by Gasteiger charge is -2.24. The molecular weight excluding hydrogens is 440 g/mol. The molecule has 182 valence electrons. The van der Waals surface area contributed by atoms with E-state index < -0.39 is 0 Å². The standard InChI is InChI=1S/C32H34N4/c1-17-9-13-25(33-17)31(26-14-10-18(2)34-26)29-21(5)23(7)30(24(8)22(29)6)32(27-15-11-19(3)35-27)28-16-12-20(4)36-28/h9-16,33,35H,1-8H3/b31-26-,32-28-. The molecule has 0 bridgehead atoms. The van der Waals surface area contributed by atoms with E-state index in [1.54, 1.807) is 0 Å². The minimum atomic E-state index is 1.00. The Hall–Kier alpha value is -3.92. The summed E-state index contributed by atoms with van der Waals surface area (Å²) in [5, 5.41) is 0. The summed E-state index contributed by atoms with van der Waals surface area (Å²) in [6.07, 6.45) is 8.45. The summed E-state index contributed by atoms with van der Waals surface area (Å²) in [6.45, 7) is 17.3. The van der Waals surface area contributed by atoms with E-state index >= 15 is 0 Å². The molecule has 0 aliphatic carbocycles. The molecule has 4 heteroatoms. The second kappa shape index (κ2) is 8.94. The Morgan fingerprint density at radius 2 is 0.861 bits per heavy atom. The first-order valence-corrected chi connectivity index (χ1v) is 12.5. The second-order valence-electron chi connectivity index (χ2n) is 10.1. The highest BCUT2D eigenvalue weighted by atomic mass is 14.8. The number of benzene rings is 1. The first-order valence-electron chi connectivity index (χ1n) is 12.5. The zero-order valence-corrected chi connectivity index (χ0v) is 22.5. The normalized spacial score (nSPS) is 17.7. The van der Waals surface area contributed by atoms with E-state index in [1.165, 1.54) is 33.4 Å². The van der Waals surface area contributed by atoms with Crippen LogP contribution in [-0.2, 0) is 0 Å². The smallest absolute Gasteiger partial charge is 0.0732 e. The number of allylic oxidation sites excluding steroid dienone is 4. The lowest BCUT2D eigenvalue weighted by molar-refractivity contribution is 1.16. The quantitative estimate of drug-likeness (QED) is 0.388. The topological polar surface area (TPSA) is 56.3 Å². The van der Waals surface area contributed by atoms with Crippen LogP contribution in [-0.4, -0.2) is 21.4 Å². The van der Waals surface area contributed by atoms with Crippen molar-refractivity contribution in [3.63, 3.8) is 0 Å². The molecule has 4 heterocycles. The van der Waals surface area contributed by atoms with E-state index in [2.05, 4.69) is 114 Å². The molecule has 0 radical (unpaired) electrons. The van der Waals surface area contributed by atoms with Crippen LogP contribution in [0.3, 0.4) is 0 Å². The number of hydrogen-bond donors (Lipinski definition) is 2. The summed E-state index contributed by atoms with van der Waals surface area (Å²) < 4.78 is 0. The molecule has 0 amide bonds. The average Bonchev–Trinajstić information content (AvgIpc) is 3.63. The van der Waals surface area contributed by atoms with Crippen LogP contribution in [0.1, 0.15) is 70.0 Å². The van der Waals surface area contributed by atoms with Gasteiger partial charge in [0.2, 0.25) is 0 Å². The Labute approximate surface area is 214 Å². The molecule has 2 aromatic heterocycles. The van der Waals surface area contributed by atoms with Crippen LogP contribution in [0.4, 0.5) is 0 Å². The van der Waals surface area contributed by atoms with Gasteiger partial charge in [0.25, 0.3) is 0 Å². The van der Waals surface area contributed by atoms with Crippen molar-refractivity contribution >= 4 is 22.6 Å². The predicted octanol–water partition coefficient (Wildman–Crippen LogP) is 7.77. The van der Waals surface area contributed by atoms with Crippen molar-refractivity contribution < 1.29 is 0 Å². The van der Waals surface area contributed by atoms with Gasteiger partial charge >= 0.3 is 0 Å². The molecule has 0 saturated carbocycles. The third kappa shape index (κ3) is 3.97. The maximum Gasteiger partial charge on any atom is 0.0732 e. The molecule has 2 N–H and O–H groups in total. The summed E-state index contributed by atoms with van der Waals surface area (Å²) in [5.41, 5.74) is 18.4. The number of rotatable bonds is 4. The van der Waals surface area contributed by atoms with Crippen molar-refractivity contribution in [2.24, 2.45) is 9.98 Å². The Bertz CT molecular complexity index is 1440. The van der Waals surface area contributed by atoms with Gasteiger partial charge in [0.05, 0.1) is 11.4 Å². The SMILES string of the molecule is CC1=N/C(=C(/c2ccc(C)[nH]2)c2c(C)c(C)c(/C(=C3/C=CC(C)=N3)c3ccc(C)[nH]3)c(C)c2C)C=C1. The summed E-state index contributed by atoms with van der Waals surface area (Å²) in [7, 11) is 0. The van der Waals surface area contributed by atoms with Crippen LogP contribution in [0.5, 0.6) is 0 Å². The summed E-state index contributed by atoms with van der Waals surface area (Å²) in [6, 6.07) is 8.60. The summed E-state index contributed by atoms with van der Waals surface area (Å²) >= 11 is 0. The van der Waals surface area contributed by atoms with E-state index in [0.29, 0.717) is 0 Å². The fourth-order valence-corrected chi connectivity index (χ4v) is 5.37. The molecule has 0 unspecified atom stereocenters. The molecule has 0 spiro atoms. The van der Waals surface area contributed by atoms with Gasteiger partial charge in [0.15, 0.2) is 0 Å². The fraction of sp³-hybridized carbons (Fsp3) is 0.250. The lowest BCUT2D eigenvalue weighted by Crippen LogP contribution is -2.08. The molecule has 1 aromatic carbocycles. The van der Waals surface area contributed by atoms with Crippen LogP contribution in [0, 0.1) is 41.5 Å². The number of aromatic nitrogens is 2. The van der Waals surface area contributed by atoms with Gasteiger partial charge in [-0.1, -0.05) is 0 Å². The number of hydrogen-bond acceptors (Lipinski definition) is 2. The van der Waals surface area contributed by atoms with Crippen LogP contribution in [0.15, 0.2) is 69.9 Å². The first kappa shape index (κ1) is 23.8. The van der Waals surface area contributed by atoms with Crippen molar-refractivity contribution in [3.05, 3.63) is 116 Å². The van der Waals surface area contributed by atoms with Gasteiger partial charge in [0, 0.05) is 45.3 Å². The minimum absolute atomic E-state index is 1.00. The van der Waals surface area contributed by atoms with Gasteiger partial charge in [-0.25, -0.2) is 0 Å². The van der Waals surface area contributed by atoms with E-state index in [0.717, 1.165) is 56.7 Å². The molecular formula is C32H34N4. The predicted molar refractivity (Wildman–Crippen MR) is 153 cm³/mol. The van der Waals surface area contributed by atoms with Crippen molar-refractivity contribution in [2.45, 2.75) is 55.4 Å². The zero-order valence-electron chi connectivity index (χ0n) is 22.5. The van der Waals surface area contributed by atoms with Crippen LogP contribution >= 0.6 is 0 Å². The lowest BCUT2D eigenvalue weighted by atomic mass is 9.81. The molecule has 2 aliphatic rings. The van der Waals surface area contributed by atoms with E-state index in [4.69, 9.17) is 9.98 Å². The minimum Gasteiger partial charge on any atom is -0.359 e. The highest BCUT2D eigenvalue weighted by Gasteiger charge is 2.26. The molecule has 0 saturated heterocycles. The number of H-pyrrole nitrogens is 2. The highest BCUT2D eigenvalue weighted by molar-refractivity contribution is 6.01. The van der Waals surface area contributed by atoms with E-state index in [-0.39, 0.29) is 0 Å². The van der Waals surface area contributed by atoms with Gasteiger partial charge < -0.3 is 9.97 Å². The number of aliphatic imine (C=N–C) groups is 2. The summed E-state index contributed by atoms with van der Waals surface area (Å²) in [5.74, 6) is 0. The first-order chi connectivity index (χ1) is 17.2. The van der Waals surface area contributed by atoms with Crippen molar-refractivity contribution in [2.75, 3.05) is 0 Å². The maximum absolute atomic E-state index is 4.90. The molecule has 36 heavy (non-hydrogen) atoms. The van der Waals surface area contributed by atoms with Gasteiger partial charge in [-0.3, -0.25) is 9.98 Å². The van der Waals surface area contributed by atoms with E-state index in [9.17, 15) is 0 Å². The van der Waals surface area contributed by atoms with Gasteiger partial charge in [-0.15, -0.1) is 0 Å². The van der Waals surface area contributed by atoms with Crippen LogP contribution in [0.2, 0.25) is 0 Å². The highest BCUT2D eigenvalue weighted by Crippen LogP contribution is 2.42. The average molecular weight is 475 g/mol. The number of aryl methyl sites for hydroxylation is 2. The Morgan fingerprint density at radius 3 is 1.11 bits per heavy atom. The van der Waals surface area contributed by atoms with Crippen molar-refractivity contribution in [3.8, 4) is 0 Å². The number of aromatic amines is 2. The third-order valence-corrected chi connectivity index (χ3v) is 7.40. The van der Waals surface area contributed by atoms with Crippen LogP contribution in [0.25, 0.3) is 11.1 Å². The van der Waals surface area contributed by atoms with Gasteiger partial charge in [-0.05, 0) is 137 Å². The number of nitrogens with zero attached hydrogens (tertiary/aromatic N) is 2. The largest absolute Gasteiger partial charge is 0.359 e. The van der Waals surface area contributed by atoms with Crippen molar-refractivity contribution in [1.29, 1.82) is 0 Å². The second-order valence-corrected chi connectivity index (χ2v) is 10.1. The fourth-order valence-electron chi connectivity index (χ4n) is 5.37. The van der Waals surface area contributed by atoms with Crippen molar-refractivity contribution in [1.82, 2.24) is 9.97 Å². The summed E-state index contributed by atoms with van der Waals surface area (Å²) in [4.78, 5) is 16.9. The molecule has 3 aromatic rings.